The highest BCUT2D eigenvalue weighted by Crippen LogP contribution is 2.28. The summed E-state index contributed by atoms with van der Waals surface area (Å²) in [6, 6.07) is 3.66. The zero-order chi connectivity index (χ0) is 21.2. The fourth-order valence-corrected chi connectivity index (χ4v) is 2.88. The second kappa shape index (κ2) is 12.0. The van der Waals surface area contributed by atoms with Crippen LogP contribution in [0.1, 0.15) is 6.42 Å². The van der Waals surface area contributed by atoms with Gasteiger partial charge in [0, 0.05) is 38.4 Å². The molecule has 1 saturated heterocycles. The minimum absolute atomic E-state index is 0.0195. The summed E-state index contributed by atoms with van der Waals surface area (Å²) in [4.78, 5) is 23.8. The quantitative estimate of drug-likeness (QED) is 0.206. The summed E-state index contributed by atoms with van der Waals surface area (Å²) in [5, 5.41) is 5.33. The molecule has 1 aromatic rings. The predicted molar refractivity (Wildman–Crippen MR) is 108 cm³/mol. The first-order valence-corrected chi connectivity index (χ1v) is 9.86. The van der Waals surface area contributed by atoms with Crippen LogP contribution < -0.4 is 15.4 Å². The third-order valence-corrected chi connectivity index (χ3v) is 4.87. The number of nitrogens with zero attached hydrogens (tertiary/aromatic N) is 1. The summed E-state index contributed by atoms with van der Waals surface area (Å²) in [5.41, 5.74) is 0.494. The first-order chi connectivity index (χ1) is 13.9. The van der Waals surface area contributed by atoms with Gasteiger partial charge in [0.15, 0.2) is 6.61 Å². The maximum atomic E-state index is 13.3. The summed E-state index contributed by atoms with van der Waals surface area (Å²) in [5.74, 6) is -0.961. The Hall–Kier alpha value is -1.85. The van der Waals surface area contributed by atoms with Crippen LogP contribution in [0, 0.1) is 5.82 Å². The van der Waals surface area contributed by atoms with E-state index < -0.39 is 5.82 Å². The fraction of sp³-hybridized carbons (Fsp3) is 0.444. The summed E-state index contributed by atoms with van der Waals surface area (Å²) in [6.07, 6.45) is 0.372. The maximum absolute atomic E-state index is 13.3. The molecule has 1 aromatic carbocycles. The van der Waals surface area contributed by atoms with Crippen LogP contribution in [0.5, 0.6) is 5.75 Å². The molecule has 29 heavy (non-hydrogen) atoms. The molecule has 1 aliphatic heterocycles. The van der Waals surface area contributed by atoms with E-state index in [1.807, 2.05) is 0 Å². The van der Waals surface area contributed by atoms with Crippen molar-refractivity contribution >= 4 is 35.6 Å². The average molecular weight is 448 g/mol. The number of methoxy groups -OCH3 is 1. The molecule has 2 amide bonds. The summed E-state index contributed by atoms with van der Waals surface area (Å²) >= 11 is 6.71. The lowest BCUT2D eigenvalue weighted by Crippen LogP contribution is -2.33. The highest BCUT2D eigenvalue weighted by molar-refractivity contribution is 7.92. The van der Waals surface area contributed by atoms with Crippen LogP contribution in [0.15, 0.2) is 30.5 Å². The standard InChI is InChI=1S/C18H23ClFN3O5S/c1-12(22-18(25)16-10-23(16)29-28-8-7-26-2)5-6-21-17(24)11-27-13-3-4-14(19)15(20)9-13/h3-4,9,16H,1,5-8,10-11H2,2H3,(H,21,24)(H,22,25). The van der Waals surface area contributed by atoms with E-state index in [-0.39, 0.29) is 41.8 Å². The number of rotatable bonds is 13. The number of carbonyl (C=O) groups is 2. The van der Waals surface area contributed by atoms with Gasteiger partial charge < -0.3 is 20.1 Å². The van der Waals surface area contributed by atoms with Crippen LogP contribution in [-0.2, 0) is 18.5 Å². The van der Waals surface area contributed by atoms with Crippen LogP contribution in [0.4, 0.5) is 4.39 Å². The number of carbonyl (C=O) groups excluding carboxylic acids is 2. The maximum Gasteiger partial charge on any atom is 0.257 e. The van der Waals surface area contributed by atoms with Gasteiger partial charge >= 0.3 is 0 Å². The molecule has 2 atom stereocenters. The molecule has 2 unspecified atom stereocenters. The Balaban J connectivity index is 1.55. The van der Waals surface area contributed by atoms with Crippen LogP contribution >= 0.6 is 23.8 Å². The Labute approximate surface area is 178 Å². The van der Waals surface area contributed by atoms with Crippen LogP contribution in [-0.4, -0.2) is 62.2 Å². The molecule has 1 aliphatic rings. The molecule has 0 spiro atoms. The summed E-state index contributed by atoms with van der Waals surface area (Å²) in [6.45, 7) is 5.31. The summed E-state index contributed by atoms with van der Waals surface area (Å²) < 4.78 is 30.4. The molecule has 0 radical (unpaired) electrons. The van der Waals surface area contributed by atoms with Gasteiger partial charge in [-0.3, -0.25) is 13.8 Å². The van der Waals surface area contributed by atoms with Crippen molar-refractivity contribution in [2.24, 2.45) is 0 Å². The zero-order valence-corrected chi connectivity index (χ0v) is 17.5. The number of nitrogens with one attached hydrogen (secondary N) is 2. The third kappa shape index (κ3) is 8.58. The minimum atomic E-state index is -0.620. The van der Waals surface area contributed by atoms with Crippen LogP contribution in [0.2, 0.25) is 5.02 Å². The van der Waals surface area contributed by atoms with Gasteiger partial charge in [0.1, 0.15) is 17.6 Å². The highest BCUT2D eigenvalue weighted by atomic mass is 35.5. The first kappa shape index (κ1) is 23.4. The number of halogens is 2. The van der Waals surface area contributed by atoms with Gasteiger partial charge in [-0.1, -0.05) is 18.2 Å². The van der Waals surface area contributed by atoms with E-state index in [1.54, 1.807) is 11.4 Å². The Morgan fingerprint density at radius 1 is 1.41 bits per heavy atom. The van der Waals surface area contributed by atoms with Crippen molar-refractivity contribution in [3.05, 3.63) is 41.3 Å². The molecule has 1 fully saturated rings. The lowest BCUT2D eigenvalue weighted by atomic mass is 10.3. The van der Waals surface area contributed by atoms with Crippen molar-refractivity contribution in [1.29, 1.82) is 0 Å². The minimum Gasteiger partial charge on any atom is -0.484 e. The first-order valence-electron chi connectivity index (χ1n) is 8.79. The van der Waals surface area contributed by atoms with Crippen LogP contribution in [0.3, 0.4) is 0 Å². The molecule has 160 valence electrons. The molecule has 0 aromatic heterocycles. The van der Waals surface area contributed by atoms with Crippen molar-refractivity contribution in [3.8, 4) is 5.75 Å². The largest absolute Gasteiger partial charge is 0.484 e. The van der Waals surface area contributed by atoms with Crippen LogP contribution in [0.25, 0.3) is 0 Å². The molecular weight excluding hydrogens is 425 g/mol. The highest BCUT2D eigenvalue weighted by Gasteiger charge is 2.42. The fourth-order valence-electron chi connectivity index (χ4n) is 2.08. The molecule has 0 aliphatic carbocycles. The average Bonchev–Trinajstić information content (AvgIpc) is 3.46. The van der Waals surface area contributed by atoms with E-state index in [0.29, 0.717) is 31.9 Å². The second-order valence-corrected chi connectivity index (χ2v) is 7.32. The monoisotopic (exact) mass is 447 g/mol. The van der Waals surface area contributed by atoms with Crippen molar-refractivity contribution in [2.45, 2.75) is 12.5 Å². The third-order valence-electron chi connectivity index (χ3n) is 3.70. The molecule has 2 rings (SSSR count). The Kier molecular flexibility index (Phi) is 9.68. The molecule has 2 N–H and O–H groups in total. The van der Waals surface area contributed by atoms with Crippen molar-refractivity contribution in [3.63, 3.8) is 0 Å². The Morgan fingerprint density at radius 2 is 2.21 bits per heavy atom. The topological polar surface area (TPSA) is 88.9 Å². The second-order valence-electron chi connectivity index (χ2n) is 6.06. The van der Waals surface area contributed by atoms with Gasteiger partial charge in [-0.2, -0.15) is 0 Å². The lowest BCUT2D eigenvalue weighted by molar-refractivity contribution is -0.123. The molecule has 11 heteroatoms. The zero-order valence-electron chi connectivity index (χ0n) is 15.9. The van der Waals surface area contributed by atoms with E-state index in [9.17, 15) is 14.0 Å². The SMILES string of the molecule is C=C(CCNC(=O)COc1ccc(Cl)c(F)c1)NC(=O)C1CN1SOCCOC. The summed E-state index contributed by atoms with van der Waals surface area (Å²) in [7, 11) is 1.59. The predicted octanol–water partition coefficient (Wildman–Crippen LogP) is 1.90. The van der Waals surface area contributed by atoms with Gasteiger partial charge in [0.2, 0.25) is 5.91 Å². The van der Waals surface area contributed by atoms with Gasteiger partial charge in [0.05, 0.1) is 30.5 Å². The molecule has 8 nitrogen and oxygen atoms in total. The number of benzene rings is 1. The van der Waals surface area contributed by atoms with Gasteiger partial charge in [0.25, 0.3) is 5.91 Å². The van der Waals surface area contributed by atoms with E-state index in [1.165, 1.54) is 12.1 Å². The molecular formula is C18H23ClFN3O5S. The van der Waals surface area contributed by atoms with Crippen molar-refractivity contribution < 1.29 is 27.6 Å². The van der Waals surface area contributed by atoms with Gasteiger partial charge in [-0.15, -0.1) is 0 Å². The van der Waals surface area contributed by atoms with E-state index >= 15 is 0 Å². The Bertz CT molecular complexity index is 739. The van der Waals surface area contributed by atoms with Gasteiger partial charge in [-0.25, -0.2) is 8.70 Å². The normalized spacial score (nSPS) is 17.5. The number of amides is 2. The van der Waals surface area contributed by atoms with Crippen molar-refractivity contribution in [1.82, 2.24) is 14.9 Å². The molecule has 0 saturated carbocycles. The smallest absolute Gasteiger partial charge is 0.257 e. The molecule has 1 heterocycles. The van der Waals surface area contributed by atoms with E-state index in [0.717, 1.165) is 18.3 Å². The van der Waals surface area contributed by atoms with Gasteiger partial charge in [-0.05, 0) is 12.1 Å². The molecule has 0 bridgehead atoms. The lowest BCUT2D eigenvalue weighted by Gasteiger charge is -2.10. The number of hydrogen-bond acceptors (Lipinski definition) is 7. The van der Waals surface area contributed by atoms with Crippen molar-refractivity contribution in [2.75, 3.05) is 40.0 Å². The Morgan fingerprint density at radius 3 is 2.93 bits per heavy atom. The number of ether oxygens (including phenoxy) is 2. The number of hydrogen-bond donors (Lipinski definition) is 2. The van der Waals surface area contributed by atoms with E-state index in [4.69, 9.17) is 25.3 Å². The van der Waals surface area contributed by atoms with E-state index in [2.05, 4.69) is 17.2 Å².